The summed E-state index contributed by atoms with van der Waals surface area (Å²) in [4.78, 5) is 10.5. The highest BCUT2D eigenvalue weighted by molar-refractivity contribution is 14.1. The summed E-state index contributed by atoms with van der Waals surface area (Å²) >= 11 is 3.37. The van der Waals surface area contributed by atoms with Crippen molar-refractivity contribution in [2.45, 2.75) is 5.16 Å². The van der Waals surface area contributed by atoms with E-state index in [0.29, 0.717) is 5.16 Å². The van der Waals surface area contributed by atoms with E-state index in [0.717, 1.165) is 21.0 Å². The minimum atomic E-state index is -0.868. The summed E-state index contributed by atoms with van der Waals surface area (Å²) in [6, 6.07) is 7.78. The van der Waals surface area contributed by atoms with Crippen molar-refractivity contribution in [3.05, 3.63) is 34.2 Å². The van der Waals surface area contributed by atoms with E-state index < -0.39 is 5.97 Å². The first kappa shape index (κ1) is 12.4. The van der Waals surface area contributed by atoms with E-state index in [9.17, 15) is 4.79 Å². The molecule has 0 aliphatic rings. The van der Waals surface area contributed by atoms with Crippen molar-refractivity contribution in [1.29, 1.82) is 0 Å². The summed E-state index contributed by atoms with van der Waals surface area (Å²) in [6.45, 7) is 0. The summed E-state index contributed by atoms with van der Waals surface area (Å²) in [5.74, 6) is -0.894. The molecule has 0 aliphatic heterocycles. The van der Waals surface area contributed by atoms with Gasteiger partial charge in [0.05, 0.1) is 11.4 Å². The lowest BCUT2D eigenvalue weighted by Gasteiger charge is -2.07. The number of rotatable bonds is 4. The third-order valence-electron chi connectivity index (χ3n) is 1.95. The molecule has 0 amide bonds. The van der Waals surface area contributed by atoms with Crippen LogP contribution in [0.3, 0.4) is 0 Å². The average molecular weight is 361 g/mol. The number of carboxylic acid groups (broad SMARTS) is 1. The molecule has 88 valence electrons. The van der Waals surface area contributed by atoms with E-state index in [2.05, 4.69) is 32.8 Å². The maximum absolute atomic E-state index is 10.5. The third-order valence-corrected chi connectivity index (χ3v) is 3.79. The summed E-state index contributed by atoms with van der Waals surface area (Å²) in [5, 5.41) is 17.0. The van der Waals surface area contributed by atoms with E-state index in [4.69, 9.17) is 5.11 Å². The Morgan fingerprint density at radius 2 is 2.24 bits per heavy atom. The highest BCUT2D eigenvalue weighted by Gasteiger charge is 2.10. The van der Waals surface area contributed by atoms with Crippen LogP contribution in [0.1, 0.15) is 0 Å². The van der Waals surface area contributed by atoms with E-state index in [-0.39, 0.29) is 5.75 Å². The second-order valence-electron chi connectivity index (χ2n) is 3.12. The Morgan fingerprint density at radius 3 is 2.94 bits per heavy atom. The Labute approximate surface area is 115 Å². The lowest BCUT2D eigenvalue weighted by atomic mass is 10.3. The molecule has 0 saturated heterocycles. The van der Waals surface area contributed by atoms with Crippen molar-refractivity contribution in [3.8, 4) is 5.69 Å². The number of carboxylic acids is 1. The Bertz CT molecular complexity index is 544. The van der Waals surface area contributed by atoms with Crippen molar-refractivity contribution >= 4 is 40.3 Å². The first-order chi connectivity index (χ1) is 8.18. The number of nitrogens with zero attached hydrogens (tertiary/aromatic N) is 3. The van der Waals surface area contributed by atoms with E-state index >= 15 is 0 Å². The minimum Gasteiger partial charge on any atom is -0.481 e. The van der Waals surface area contributed by atoms with Gasteiger partial charge in [0.15, 0.2) is 5.16 Å². The van der Waals surface area contributed by atoms with Gasteiger partial charge in [-0.2, -0.15) is 0 Å². The Kier molecular flexibility index (Phi) is 4.00. The van der Waals surface area contributed by atoms with Crippen molar-refractivity contribution in [1.82, 2.24) is 14.8 Å². The second-order valence-corrected chi connectivity index (χ2v) is 5.22. The van der Waals surface area contributed by atoms with Gasteiger partial charge in [0.1, 0.15) is 6.33 Å². The molecule has 0 radical (unpaired) electrons. The van der Waals surface area contributed by atoms with Crippen LogP contribution in [0.15, 0.2) is 35.7 Å². The van der Waals surface area contributed by atoms with Gasteiger partial charge in [-0.05, 0) is 34.7 Å². The van der Waals surface area contributed by atoms with Gasteiger partial charge in [0.25, 0.3) is 0 Å². The number of para-hydroxylation sites is 1. The lowest BCUT2D eigenvalue weighted by Crippen LogP contribution is -2.02. The fraction of sp³-hybridized carbons (Fsp3) is 0.100. The molecule has 1 aromatic heterocycles. The zero-order valence-corrected chi connectivity index (χ0v) is 11.6. The molecule has 7 heteroatoms. The number of hydrogen-bond acceptors (Lipinski definition) is 4. The minimum absolute atomic E-state index is 0.0257. The molecule has 2 rings (SSSR count). The van der Waals surface area contributed by atoms with Crippen LogP contribution in [0.4, 0.5) is 0 Å². The fourth-order valence-electron chi connectivity index (χ4n) is 1.26. The molecule has 1 heterocycles. The predicted molar refractivity (Wildman–Crippen MR) is 72.4 cm³/mol. The second kappa shape index (κ2) is 5.50. The van der Waals surface area contributed by atoms with Crippen LogP contribution in [-0.4, -0.2) is 31.6 Å². The van der Waals surface area contributed by atoms with Gasteiger partial charge in [-0.1, -0.05) is 23.9 Å². The first-order valence-corrected chi connectivity index (χ1v) is 6.74. The van der Waals surface area contributed by atoms with Crippen molar-refractivity contribution in [2.75, 3.05) is 5.75 Å². The molecule has 0 aliphatic carbocycles. The van der Waals surface area contributed by atoms with Gasteiger partial charge in [0, 0.05) is 3.57 Å². The Balaban J connectivity index is 2.31. The van der Waals surface area contributed by atoms with Crippen LogP contribution >= 0.6 is 34.4 Å². The Hall–Kier alpha value is -1.09. The summed E-state index contributed by atoms with van der Waals surface area (Å²) in [7, 11) is 0. The molecule has 0 atom stereocenters. The molecular formula is C10H8IN3O2S. The molecule has 0 spiro atoms. The number of hydrogen-bond donors (Lipinski definition) is 1. The molecular weight excluding hydrogens is 353 g/mol. The van der Waals surface area contributed by atoms with Crippen molar-refractivity contribution in [2.24, 2.45) is 0 Å². The van der Waals surface area contributed by atoms with Crippen LogP contribution in [0.25, 0.3) is 5.69 Å². The highest BCUT2D eigenvalue weighted by atomic mass is 127. The summed E-state index contributed by atoms with van der Waals surface area (Å²) < 4.78 is 2.84. The van der Waals surface area contributed by atoms with Gasteiger partial charge in [-0.3, -0.25) is 9.36 Å². The number of aromatic nitrogens is 3. The Morgan fingerprint density at radius 1 is 1.47 bits per heavy atom. The van der Waals surface area contributed by atoms with Gasteiger partial charge in [-0.15, -0.1) is 10.2 Å². The zero-order chi connectivity index (χ0) is 12.3. The number of halogens is 1. The third kappa shape index (κ3) is 2.97. The van der Waals surface area contributed by atoms with Gasteiger partial charge in [0.2, 0.25) is 0 Å². The van der Waals surface area contributed by atoms with Gasteiger partial charge < -0.3 is 5.11 Å². The van der Waals surface area contributed by atoms with E-state index in [1.807, 2.05) is 24.3 Å². The van der Waals surface area contributed by atoms with Gasteiger partial charge >= 0.3 is 5.97 Å². The maximum Gasteiger partial charge on any atom is 0.313 e. The molecule has 5 nitrogen and oxygen atoms in total. The van der Waals surface area contributed by atoms with E-state index in [1.54, 1.807) is 10.9 Å². The van der Waals surface area contributed by atoms with Crippen LogP contribution in [0.5, 0.6) is 0 Å². The number of aliphatic carboxylic acids is 1. The predicted octanol–water partition coefficient (Wildman–Crippen LogP) is 2.05. The summed E-state index contributed by atoms with van der Waals surface area (Å²) in [6.07, 6.45) is 1.58. The van der Waals surface area contributed by atoms with Crippen LogP contribution < -0.4 is 0 Å². The van der Waals surface area contributed by atoms with Gasteiger partial charge in [-0.25, -0.2) is 0 Å². The molecule has 2 aromatic rings. The standard InChI is InChI=1S/C10H8IN3O2S/c11-7-3-1-2-4-8(7)14-6-12-13-10(14)17-5-9(15)16/h1-4,6H,5H2,(H,15,16). The molecule has 1 aromatic carbocycles. The zero-order valence-electron chi connectivity index (χ0n) is 8.58. The maximum atomic E-state index is 10.5. The first-order valence-electron chi connectivity index (χ1n) is 4.68. The van der Waals surface area contributed by atoms with Crippen LogP contribution in [0.2, 0.25) is 0 Å². The molecule has 0 bridgehead atoms. The quantitative estimate of drug-likeness (QED) is 0.667. The van der Waals surface area contributed by atoms with E-state index in [1.165, 1.54) is 0 Å². The lowest BCUT2D eigenvalue weighted by molar-refractivity contribution is -0.133. The van der Waals surface area contributed by atoms with Crippen LogP contribution in [0, 0.1) is 3.57 Å². The molecule has 1 N–H and O–H groups in total. The largest absolute Gasteiger partial charge is 0.481 e. The molecule has 0 unspecified atom stereocenters. The molecule has 17 heavy (non-hydrogen) atoms. The molecule has 0 fully saturated rings. The average Bonchev–Trinajstić information content (AvgIpc) is 2.75. The van der Waals surface area contributed by atoms with Crippen LogP contribution in [-0.2, 0) is 4.79 Å². The van der Waals surface area contributed by atoms with Crippen molar-refractivity contribution in [3.63, 3.8) is 0 Å². The normalized spacial score (nSPS) is 10.4. The fourth-order valence-corrected chi connectivity index (χ4v) is 2.55. The van der Waals surface area contributed by atoms with Crippen molar-refractivity contribution < 1.29 is 9.90 Å². The topological polar surface area (TPSA) is 68.0 Å². The highest BCUT2D eigenvalue weighted by Crippen LogP contribution is 2.22. The monoisotopic (exact) mass is 361 g/mol. The number of thioether (sulfide) groups is 1. The number of carbonyl (C=O) groups is 1. The molecule has 0 saturated carbocycles. The number of benzene rings is 1. The SMILES string of the molecule is O=C(O)CSc1nncn1-c1ccccc1I. The smallest absolute Gasteiger partial charge is 0.313 e. The summed E-state index contributed by atoms with van der Waals surface area (Å²) in [5.41, 5.74) is 0.950.